The fourth-order valence-electron chi connectivity index (χ4n) is 2.67. The molecule has 0 unspecified atom stereocenters. The molecule has 2 aliphatic heterocycles. The molecule has 0 amide bonds. The highest BCUT2D eigenvalue weighted by Gasteiger charge is 2.42. The predicted octanol–water partition coefficient (Wildman–Crippen LogP) is 1.59. The molecule has 0 bridgehead atoms. The number of hydrogen-bond donors (Lipinski definition) is 0. The second-order valence-electron chi connectivity index (χ2n) is 6.33. The van der Waals surface area contributed by atoms with Crippen LogP contribution in [-0.2, 0) is 9.31 Å². The zero-order valence-corrected chi connectivity index (χ0v) is 13.4. The third-order valence-electron chi connectivity index (χ3n) is 4.21. The van der Waals surface area contributed by atoms with Gasteiger partial charge >= 0.3 is 7.12 Å². The van der Waals surface area contributed by atoms with Crippen molar-refractivity contribution in [2.45, 2.75) is 32.3 Å². The molecule has 5 nitrogen and oxygen atoms in total. The van der Waals surface area contributed by atoms with E-state index in [-0.39, 0.29) is 0 Å². The first-order valence-electron chi connectivity index (χ1n) is 7.89. The molecule has 0 aliphatic carbocycles. The van der Waals surface area contributed by atoms with Gasteiger partial charge in [0.25, 0.3) is 0 Å². The van der Waals surface area contributed by atoms with E-state index < -0.39 is 12.7 Å². The first-order valence-corrected chi connectivity index (χ1v) is 7.89. The third kappa shape index (κ3) is 3.44. The maximum atomic E-state index is 5.83. The average molecular weight is 302 g/mol. The summed E-state index contributed by atoms with van der Waals surface area (Å²) in [4.78, 5) is 6.75. The number of likely N-dealkylation sites (tertiary alicyclic amines) is 1. The second kappa shape index (κ2) is 6.30. The summed E-state index contributed by atoms with van der Waals surface area (Å²) >= 11 is 0. The Hall–Kier alpha value is -1.53. The summed E-state index contributed by atoms with van der Waals surface area (Å²) in [5, 5.41) is 0. The van der Waals surface area contributed by atoms with Gasteiger partial charge in [0.2, 0.25) is 5.88 Å². The Morgan fingerprint density at radius 1 is 1.36 bits per heavy atom. The summed E-state index contributed by atoms with van der Waals surface area (Å²) in [5.74, 6) is 1.28. The number of ether oxygens (including phenoxy) is 1. The fraction of sp³-hybridized carbons (Fsp3) is 0.562. The smallest absolute Gasteiger partial charge is 0.534 e. The van der Waals surface area contributed by atoms with Crippen LogP contribution in [0.25, 0.3) is 0 Å². The summed E-state index contributed by atoms with van der Waals surface area (Å²) in [6.07, 6.45) is 4.34. The zero-order valence-electron chi connectivity index (χ0n) is 13.4. The monoisotopic (exact) mass is 302 g/mol. The van der Waals surface area contributed by atoms with Crippen molar-refractivity contribution >= 4 is 12.6 Å². The van der Waals surface area contributed by atoms with Crippen LogP contribution in [0.15, 0.2) is 30.7 Å². The number of pyridine rings is 1. The maximum absolute atomic E-state index is 5.83. The van der Waals surface area contributed by atoms with Gasteiger partial charge in [-0.1, -0.05) is 12.6 Å². The molecule has 1 aromatic heterocycles. The molecule has 0 aromatic carbocycles. The number of hydrogen-bond acceptors (Lipinski definition) is 5. The molecule has 1 aromatic rings. The van der Waals surface area contributed by atoms with Crippen molar-refractivity contribution in [3.05, 3.63) is 30.7 Å². The van der Waals surface area contributed by atoms with Crippen LogP contribution in [0.2, 0.25) is 0 Å². The molecule has 22 heavy (non-hydrogen) atoms. The number of nitrogens with zero attached hydrogens (tertiary/aromatic N) is 2. The van der Waals surface area contributed by atoms with Crippen LogP contribution in [0.4, 0.5) is 0 Å². The third-order valence-corrected chi connectivity index (χ3v) is 4.21. The van der Waals surface area contributed by atoms with Crippen molar-refractivity contribution in [2.24, 2.45) is 0 Å². The molecule has 3 rings (SSSR count). The lowest BCUT2D eigenvalue weighted by molar-refractivity contribution is 0.173. The molecule has 0 saturated carbocycles. The van der Waals surface area contributed by atoms with Crippen LogP contribution < -0.4 is 10.2 Å². The van der Waals surface area contributed by atoms with Crippen molar-refractivity contribution in [3.8, 4) is 5.88 Å². The highest BCUT2D eigenvalue weighted by Crippen LogP contribution is 2.29. The molecule has 0 N–H and O–H groups in total. The fourth-order valence-corrected chi connectivity index (χ4v) is 2.67. The van der Waals surface area contributed by atoms with E-state index in [0.717, 1.165) is 12.0 Å². The molecular weight excluding hydrogens is 279 g/mol. The van der Waals surface area contributed by atoms with Gasteiger partial charge in [-0.3, -0.25) is 4.90 Å². The van der Waals surface area contributed by atoms with Crippen LogP contribution in [-0.4, -0.2) is 48.8 Å². The van der Waals surface area contributed by atoms with Crippen LogP contribution in [0, 0.1) is 0 Å². The lowest BCUT2D eigenvalue weighted by Gasteiger charge is -2.15. The van der Waals surface area contributed by atoms with Gasteiger partial charge in [0.15, 0.2) is 0 Å². The Kier molecular flexibility index (Phi) is 4.40. The molecule has 0 atom stereocenters. The Balaban J connectivity index is 1.51. The van der Waals surface area contributed by atoms with Gasteiger partial charge in [0.05, 0.1) is 5.76 Å². The normalized spacial score (nSPS) is 21.2. The molecular formula is C16H23BN2O3. The standard InChI is InChI=1S/C16H23BN2O3/c1-13-16(2,3)22-17(21-13)14-6-7-15(18-12-14)20-11-10-19-8-4-5-9-19/h6-7,12H,1,4-5,8-11H2,2-3H3. The maximum Gasteiger partial charge on any atom is 0.564 e. The molecule has 2 aliphatic rings. The second-order valence-corrected chi connectivity index (χ2v) is 6.33. The quantitative estimate of drug-likeness (QED) is 0.773. The van der Waals surface area contributed by atoms with E-state index in [1.807, 2.05) is 26.0 Å². The van der Waals surface area contributed by atoms with E-state index in [4.69, 9.17) is 14.0 Å². The van der Waals surface area contributed by atoms with Crippen LogP contribution >= 0.6 is 0 Å². The van der Waals surface area contributed by atoms with Gasteiger partial charge in [0, 0.05) is 18.2 Å². The summed E-state index contributed by atoms with van der Waals surface area (Å²) in [6.45, 7) is 11.8. The van der Waals surface area contributed by atoms with Gasteiger partial charge in [-0.2, -0.15) is 0 Å². The Bertz CT molecular complexity index is 527. The Labute approximate surface area is 132 Å². The highest BCUT2D eigenvalue weighted by molar-refractivity contribution is 6.62. The van der Waals surface area contributed by atoms with E-state index in [9.17, 15) is 0 Å². The molecule has 2 fully saturated rings. The van der Waals surface area contributed by atoms with E-state index in [1.165, 1.54) is 25.9 Å². The van der Waals surface area contributed by atoms with Crippen LogP contribution in [0.5, 0.6) is 5.88 Å². The Morgan fingerprint density at radius 2 is 2.14 bits per heavy atom. The zero-order chi connectivity index (χ0) is 15.6. The largest absolute Gasteiger partial charge is 0.564 e. The van der Waals surface area contributed by atoms with Crippen molar-refractivity contribution < 1.29 is 14.0 Å². The molecule has 2 saturated heterocycles. The molecule has 118 valence electrons. The Morgan fingerprint density at radius 3 is 2.73 bits per heavy atom. The number of rotatable bonds is 5. The topological polar surface area (TPSA) is 43.8 Å². The van der Waals surface area contributed by atoms with E-state index in [2.05, 4.69) is 16.5 Å². The lowest BCUT2D eigenvalue weighted by atomic mass is 9.80. The van der Waals surface area contributed by atoms with Crippen molar-refractivity contribution in [3.63, 3.8) is 0 Å². The van der Waals surface area contributed by atoms with Gasteiger partial charge in [-0.25, -0.2) is 4.98 Å². The van der Waals surface area contributed by atoms with Crippen molar-refractivity contribution in [1.82, 2.24) is 9.88 Å². The molecule has 3 heterocycles. The summed E-state index contributed by atoms with van der Waals surface area (Å²) < 4.78 is 17.2. The highest BCUT2D eigenvalue weighted by atomic mass is 16.7. The molecule has 0 spiro atoms. The predicted molar refractivity (Wildman–Crippen MR) is 86.2 cm³/mol. The average Bonchev–Trinajstić information content (AvgIpc) is 3.09. The first kappa shape index (κ1) is 15.4. The molecule has 0 radical (unpaired) electrons. The van der Waals surface area contributed by atoms with Crippen molar-refractivity contribution in [1.29, 1.82) is 0 Å². The first-order chi connectivity index (χ1) is 10.5. The van der Waals surface area contributed by atoms with E-state index in [0.29, 0.717) is 18.2 Å². The van der Waals surface area contributed by atoms with Crippen LogP contribution in [0.1, 0.15) is 26.7 Å². The van der Waals surface area contributed by atoms with Crippen LogP contribution in [0.3, 0.4) is 0 Å². The minimum Gasteiger partial charge on any atom is -0.534 e. The molecule has 6 heteroatoms. The van der Waals surface area contributed by atoms with E-state index in [1.54, 1.807) is 6.20 Å². The lowest BCUT2D eigenvalue weighted by Crippen LogP contribution is -2.34. The minimum absolute atomic E-state index is 0.436. The van der Waals surface area contributed by atoms with Gasteiger partial charge in [0.1, 0.15) is 12.2 Å². The summed E-state index contributed by atoms with van der Waals surface area (Å²) in [6, 6.07) is 3.79. The van der Waals surface area contributed by atoms with Gasteiger partial charge in [-0.05, 0) is 45.8 Å². The van der Waals surface area contributed by atoms with Gasteiger partial charge < -0.3 is 14.0 Å². The van der Waals surface area contributed by atoms with Crippen molar-refractivity contribution in [2.75, 3.05) is 26.2 Å². The summed E-state index contributed by atoms with van der Waals surface area (Å²) in [7, 11) is -0.436. The van der Waals surface area contributed by atoms with E-state index >= 15 is 0 Å². The SMILES string of the molecule is C=C1OB(c2ccc(OCCN3CCCC3)nc2)OC1(C)C. The number of aromatic nitrogens is 1. The minimum atomic E-state index is -0.463. The summed E-state index contributed by atoms with van der Waals surface area (Å²) in [5.41, 5.74) is 0.411. The van der Waals surface area contributed by atoms with Gasteiger partial charge in [-0.15, -0.1) is 0 Å².